The van der Waals surface area contributed by atoms with Gasteiger partial charge in [0.15, 0.2) is 11.9 Å². The van der Waals surface area contributed by atoms with Crippen LogP contribution in [0.1, 0.15) is 5.56 Å². The fourth-order valence-electron chi connectivity index (χ4n) is 3.72. The lowest BCUT2D eigenvalue weighted by Crippen LogP contribution is -2.64. The monoisotopic (exact) mass is 356 g/mol. The molecule has 136 valence electrons. The largest absolute Gasteiger partial charge is 0.394 e. The van der Waals surface area contributed by atoms with Crippen molar-refractivity contribution in [2.24, 2.45) is 0 Å². The van der Waals surface area contributed by atoms with E-state index in [0.29, 0.717) is 5.39 Å². The fourth-order valence-corrected chi connectivity index (χ4v) is 3.72. The third-order valence-electron chi connectivity index (χ3n) is 5.19. The van der Waals surface area contributed by atoms with E-state index in [2.05, 4.69) is 0 Å². The van der Waals surface area contributed by atoms with Gasteiger partial charge >= 0.3 is 0 Å². The highest BCUT2D eigenvalue weighted by atomic mass is 16.6. The summed E-state index contributed by atoms with van der Waals surface area (Å²) in [5, 5.41) is 54.9. The summed E-state index contributed by atoms with van der Waals surface area (Å²) in [6, 6.07) is 16.7. The van der Waals surface area contributed by atoms with Gasteiger partial charge in [-0.05, 0) is 39.2 Å². The van der Waals surface area contributed by atoms with Gasteiger partial charge in [-0.1, -0.05) is 42.5 Å². The van der Waals surface area contributed by atoms with Crippen molar-refractivity contribution in [1.29, 1.82) is 0 Å². The van der Waals surface area contributed by atoms with E-state index in [-0.39, 0.29) is 5.56 Å². The van der Waals surface area contributed by atoms with Crippen LogP contribution in [0.15, 0.2) is 54.6 Å². The molecule has 5 atom stereocenters. The Balaban J connectivity index is 1.93. The zero-order chi connectivity index (χ0) is 18.5. The minimum atomic E-state index is -2.24. The van der Waals surface area contributed by atoms with Gasteiger partial charge in [0.1, 0.15) is 18.3 Å². The maximum Gasteiger partial charge on any atom is 0.191 e. The minimum Gasteiger partial charge on any atom is -0.394 e. The van der Waals surface area contributed by atoms with E-state index >= 15 is 0 Å². The average Bonchev–Trinajstić information content (AvgIpc) is 2.67. The number of aliphatic hydroxyl groups is 5. The van der Waals surface area contributed by atoms with Gasteiger partial charge in [-0.25, -0.2) is 0 Å². The highest BCUT2D eigenvalue weighted by molar-refractivity contribution is 6.00. The highest BCUT2D eigenvalue weighted by Gasteiger charge is 2.55. The van der Waals surface area contributed by atoms with Crippen LogP contribution in [0.25, 0.3) is 21.5 Å². The molecule has 0 aromatic heterocycles. The second-order valence-corrected chi connectivity index (χ2v) is 6.70. The Kier molecular flexibility index (Phi) is 4.19. The number of fused-ring (bicyclic) bond motifs is 2. The molecule has 0 unspecified atom stereocenters. The molecule has 0 amide bonds. The highest BCUT2D eigenvalue weighted by Crippen LogP contribution is 2.41. The molecule has 6 heteroatoms. The molecular weight excluding hydrogens is 336 g/mol. The van der Waals surface area contributed by atoms with Gasteiger partial charge < -0.3 is 30.3 Å². The van der Waals surface area contributed by atoms with E-state index < -0.39 is 36.8 Å². The van der Waals surface area contributed by atoms with Crippen LogP contribution in [0, 0.1) is 0 Å². The molecule has 6 nitrogen and oxygen atoms in total. The first-order chi connectivity index (χ1) is 12.5. The summed E-state index contributed by atoms with van der Waals surface area (Å²) in [5.74, 6) is 0. The minimum absolute atomic E-state index is 0.246. The number of hydrogen-bond acceptors (Lipinski definition) is 6. The zero-order valence-corrected chi connectivity index (χ0v) is 13.9. The molecule has 5 N–H and O–H groups in total. The van der Waals surface area contributed by atoms with Crippen LogP contribution in [0.4, 0.5) is 0 Å². The first kappa shape index (κ1) is 17.4. The number of hydrogen-bond donors (Lipinski definition) is 5. The van der Waals surface area contributed by atoms with E-state index in [1.165, 1.54) is 0 Å². The van der Waals surface area contributed by atoms with E-state index in [4.69, 9.17) is 4.74 Å². The maximum atomic E-state index is 11.2. The smallest absolute Gasteiger partial charge is 0.191 e. The first-order valence-corrected chi connectivity index (χ1v) is 8.41. The Morgan fingerprint density at radius 2 is 1.54 bits per heavy atom. The van der Waals surface area contributed by atoms with Crippen LogP contribution in [0.5, 0.6) is 0 Å². The molecule has 0 radical (unpaired) electrons. The summed E-state index contributed by atoms with van der Waals surface area (Å²) in [5.41, 5.74) is -2.00. The molecule has 1 saturated heterocycles. The van der Waals surface area contributed by atoms with Crippen molar-refractivity contribution >= 4 is 21.5 Å². The van der Waals surface area contributed by atoms with Crippen LogP contribution >= 0.6 is 0 Å². The third-order valence-corrected chi connectivity index (χ3v) is 5.19. The molecule has 3 aromatic rings. The Hall–Kier alpha value is -2.06. The number of ether oxygens (including phenoxy) is 1. The Morgan fingerprint density at radius 3 is 2.23 bits per heavy atom. The molecule has 1 aliphatic rings. The average molecular weight is 356 g/mol. The van der Waals surface area contributed by atoms with Crippen molar-refractivity contribution in [3.63, 3.8) is 0 Å². The lowest BCUT2D eigenvalue weighted by Gasteiger charge is -2.46. The molecule has 4 rings (SSSR count). The van der Waals surface area contributed by atoms with Gasteiger partial charge in [0, 0.05) is 0 Å². The van der Waals surface area contributed by atoms with Gasteiger partial charge in [-0.15, -0.1) is 0 Å². The Morgan fingerprint density at radius 1 is 0.885 bits per heavy atom. The van der Waals surface area contributed by atoms with Gasteiger partial charge in [-0.3, -0.25) is 0 Å². The lowest BCUT2D eigenvalue weighted by molar-refractivity contribution is -0.334. The number of benzene rings is 3. The van der Waals surface area contributed by atoms with Crippen molar-refractivity contribution < 1.29 is 30.3 Å². The second-order valence-electron chi connectivity index (χ2n) is 6.70. The molecule has 0 saturated carbocycles. The zero-order valence-electron chi connectivity index (χ0n) is 13.9. The first-order valence-electron chi connectivity index (χ1n) is 8.41. The van der Waals surface area contributed by atoms with E-state index in [1.807, 2.05) is 42.5 Å². The Bertz CT molecular complexity index is 957. The third kappa shape index (κ3) is 2.43. The molecule has 1 aliphatic heterocycles. The van der Waals surface area contributed by atoms with E-state index in [9.17, 15) is 25.5 Å². The number of rotatable bonds is 2. The summed E-state index contributed by atoms with van der Waals surface area (Å²) >= 11 is 0. The SMILES string of the molecule is OC[C@H]1O[C@H](O)[C@@](O)(c2cccc3cc4ccccc4cc23)[C@@H](O)[C@H]1O. The summed E-state index contributed by atoms with van der Waals surface area (Å²) < 4.78 is 5.17. The quantitative estimate of drug-likeness (QED) is 0.431. The molecule has 1 heterocycles. The second kappa shape index (κ2) is 6.28. The van der Waals surface area contributed by atoms with Gasteiger partial charge in [-0.2, -0.15) is 0 Å². The van der Waals surface area contributed by atoms with Crippen molar-refractivity contribution in [2.45, 2.75) is 30.2 Å². The van der Waals surface area contributed by atoms with Gasteiger partial charge in [0.25, 0.3) is 0 Å². The Labute approximate surface area is 149 Å². The van der Waals surface area contributed by atoms with Gasteiger partial charge in [0.05, 0.1) is 6.61 Å². The van der Waals surface area contributed by atoms with Crippen molar-refractivity contribution in [1.82, 2.24) is 0 Å². The maximum absolute atomic E-state index is 11.2. The summed E-state index contributed by atoms with van der Waals surface area (Å²) in [4.78, 5) is 0. The number of aliphatic hydroxyl groups excluding tert-OH is 4. The van der Waals surface area contributed by atoms with Crippen LogP contribution in [0.3, 0.4) is 0 Å². The van der Waals surface area contributed by atoms with Crippen molar-refractivity contribution in [3.8, 4) is 0 Å². The van der Waals surface area contributed by atoms with E-state index in [1.54, 1.807) is 12.1 Å². The predicted octanol–water partition coefficient (Wildman–Crippen LogP) is 0.612. The summed E-state index contributed by atoms with van der Waals surface area (Å²) in [6.45, 7) is -0.592. The molecule has 1 fully saturated rings. The molecule has 0 aliphatic carbocycles. The lowest BCUT2D eigenvalue weighted by atomic mass is 9.79. The molecular formula is C20H20O6. The summed E-state index contributed by atoms with van der Waals surface area (Å²) in [7, 11) is 0. The van der Waals surface area contributed by atoms with Crippen LogP contribution in [-0.2, 0) is 10.3 Å². The molecule has 26 heavy (non-hydrogen) atoms. The molecule has 0 spiro atoms. The van der Waals surface area contributed by atoms with Crippen molar-refractivity contribution in [2.75, 3.05) is 6.61 Å². The van der Waals surface area contributed by atoms with Crippen LogP contribution in [0.2, 0.25) is 0 Å². The van der Waals surface area contributed by atoms with Crippen LogP contribution < -0.4 is 0 Å². The van der Waals surface area contributed by atoms with Crippen LogP contribution in [-0.4, -0.2) is 56.7 Å². The molecule has 0 bridgehead atoms. The fraction of sp³-hybridized carbons (Fsp3) is 0.300. The summed E-state index contributed by atoms with van der Waals surface area (Å²) in [6.07, 6.45) is -6.28. The van der Waals surface area contributed by atoms with Crippen molar-refractivity contribution in [3.05, 3.63) is 60.2 Å². The topological polar surface area (TPSA) is 110 Å². The van der Waals surface area contributed by atoms with E-state index in [0.717, 1.165) is 16.2 Å². The molecule has 3 aromatic carbocycles. The predicted molar refractivity (Wildman–Crippen MR) is 95.3 cm³/mol. The van der Waals surface area contributed by atoms with Gasteiger partial charge in [0.2, 0.25) is 0 Å². The standard InChI is InChI=1S/C20H20O6/c21-10-16-17(22)18(23)20(25,19(24)26-16)15-7-3-6-13-8-11-4-1-2-5-12(11)9-14(13)15/h1-9,16-19,21-25H,10H2/t16-,17+,18+,19+,20-/m1/s1. The normalized spacial score (nSPS) is 32.2.